The van der Waals surface area contributed by atoms with E-state index in [0.717, 1.165) is 0 Å². The number of hydrogen-bond donors (Lipinski definition) is 0. The molecule has 2 aromatic rings. The van der Waals surface area contributed by atoms with Crippen LogP contribution in [-0.2, 0) is 6.61 Å². The molecule has 2 aromatic carbocycles. The van der Waals surface area contributed by atoms with Gasteiger partial charge in [-0.2, -0.15) is 5.26 Å². The Labute approximate surface area is 134 Å². The number of hydrogen-bond acceptors (Lipinski definition) is 4. The van der Waals surface area contributed by atoms with Gasteiger partial charge in [0.1, 0.15) is 12.4 Å². The molecule has 21 heavy (non-hydrogen) atoms. The molecule has 0 saturated heterocycles. The molecule has 7 heteroatoms. The Morgan fingerprint density at radius 1 is 1.33 bits per heavy atom. The first kappa shape index (κ1) is 15.3. The minimum atomic E-state index is -0.468. The smallest absolute Gasteiger partial charge is 0.277 e. The van der Waals surface area contributed by atoms with Gasteiger partial charge in [0.2, 0.25) is 0 Å². The van der Waals surface area contributed by atoms with E-state index in [2.05, 4.69) is 15.9 Å². The zero-order chi connectivity index (χ0) is 15.4. The van der Waals surface area contributed by atoms with E-state index >= 15 is 0 Å². The van der Waals surface area contributed by atoms with E-state index in [1.165, 1.54) is 12.1 Å². The fourth-order valence-corrected chi connectivity index (χ4v) is 2.26. The molecule has 0 N–H and O–H groups in total. The third-order valence-electron chi connectivity index (χ3n) is 2.69. The van der Waals surface area contributed by atoms with Crippen LogP contribution in [0.5, 0.6) is 5.75 Å². The summed E-state index contributed by atoms with van der Waals surface area (Å²) in [5, 5.41) is 20.0. The first-order valence-electron chi connectivity index (χ1n) is 5.76. The van der Waals surface area contributed by atoms with Crippen molar-refractivity contribution in [2.75, 3.05) is 0 Å². The Balaban J connectivity index is 2.21. The predicted octanol–water partition coefficient (Wildman–Crippen LogP) is 4.46. The quantitative estimate of drug-likeness (QED) is 0.590. The summed E-state index contributed by atoms with van der Waals surface area (Å²) < 4.78 is 6.11. The topological polar surface area (TPSA) is 76.2 Å². The molecule has 106 valence electrons. The Morgan fingerprint density at radius 2 is 2.10 bits per heavy atom. The van der Waals surface area contributed by atoms with Crippen molar-refractivity contribution in [2.24, 2.45) is 0 Å². The van der Waals surface area contributed by atoms with E-state index in [1.807, 2.05) is 6.07 Å². The number of nitrogens with zero attached hydrogens (tertiary/aromatic N) is 2. The molecule has 0 aliphatic carbocycles. The van der Waals surface area contributed by atoms with Gasteiger partial charge in [0.25, 0.3) is 5.69 Å². The maximum atomic E-state index is 11.0. The van der Waals surface area contributed by atoms with Gasteiger partial charge in [-0.15, -0.1) is 0 Å². The average molecular weight is 368 g/mol. The Hall–Kier alpha value is -2.10. The van der Waals surface area contributed by atoms with E-state index < -0.39 is 4.92 Å². The standard InChI is InChI=1S/C14H8BrClN2O3/c15-11-3-2-10(13(6-11)18(19)20)8-21-14-4-1-9(7-17)5-12(14)16/h1-6H,8H2. The van der Waals surface area contributed by atoms with Crippen LogP contribution in [0.4, 0.5) is 5.69 Å². The third kappa shape index (κ3) is 3.72. The predicted molar refractivity (Wildman–Crippen MR) is 81.3 cm³/mol. The highest BCUT2D eigenvalue weighted by molar-refractivity contribution is 9.10. The van der Waals surface area contributed by atoms with Crippen molar-refractivity contribution in [3.63, 3.8) is 0 Å². The minimum absolute atomic E-state index is 0.00914. The molecule has 5 nitrogen and oxygen atoms in total. The molecule has 0 unspecified atom stereocenters. The van der Waals surface area contributed by atoms with E-state index in [-0.39, 0.29) is 17.3 Å². The van der Waals surface area contributed by atoms with E-state index in [4.69, 9.17) is 21.6 Å². The van der Waals surface area contributed by atoms with Gasteiger partial charge in [0.15, 0.2) is 0 Å². The fourth-order valence-electron chi connectivity index (χ4n) is 1.67. The summed E-state index contributed by atoms with van der Waals surface area (Å²) >= 11 is 9.18. The molecule has 0 saturated carbocycles. The van der Waals surface area contributed by atoms with E-state index in [9.17, 15) is 10.1 Å². The first-order chi connectivity index (χ1) is 10.0. The highest BCUT2D eigenvalue weighted by Crippen LogP contribution is 2.28. The van der Waals surface area contributed by atoms with Crippen LogP contribution >= 0.6 is 27.5 Å². The molecule has 0 aliphatic rings. The maximum Gasteiger partial charge on any atom is 0.277 e. The molecule has 0 aliphatic heterocycles. The number of nitriles is 1. The Kier molecular flexibility index (Phi) is 4.78. The molecule has 2 rings (SSSR count). The summed E-state index contributed by atoms with van der Waals surface area (Å²) in [5.41, 5.74) is 0.819. The van der Waals surface area contributed by atoms with Crippen molar-refractivity contribution in [2.45, 2.75) is 6.61 Å². The molecule has 0 radical (unpaired) electrons. The second-order valence-corrected chi connectivity index (χ2v) is 5.40. The Morgan fingerprint density at radius 3 is 2.71 bits per heavy atom. The second kappa shape index (κ2) is 6.57. The van der Waals surface area contributed by atoms with Crippen LogP contribution in [-0.4, -0.2) is 4.92 Å². The van der Waals surface area contributed by atoms with Crippen LogP contribution in [0.3, 0.4) is 0 Å². The zero-order valence-electron chi connectivity index (χ0n) is 10.5. The molecular formula is C14H8BrClN2O3. The van der Waals surface area contributed by atoms with Gasteiger partial charge >= 0.3 is 0 Å². The van der Waals surface area contributed by atoms with Gasteiger partial charge < -0.3 is 4.74 Å². The van der Waals surface area contributed by atoms with Crippen LogP contribution in [0, 0.1) is 21.4 Å². The molecule has 0 fully saturated rings. The van der Waals surface area contributed by atoms with E-state index in [0.29, 0.717) is 21.3 Å². The van der Waals surface area contributed by atoms with Crippen LogP contribution in [0.2, 0.25) is 5.02 Å². The lowest BCUT2D eigenvalue weighted by Gasteiger charge is -2.09. The number of rotatable bonds is 4. The van der Waals surface area contributed by atoms with Crippen molar-refractivity contribution < 1.29 is 9.66 Å². The molecule has 0 bridgehead atoms. The van der Waals surface area contributed by atoms with Gasteiger partial charge in [-0.3, -0.25) is 10.1 Å². The van der Waals surface area contributed by atoms with Crippen LogP contribution < -0.4 is 4.74 Å². The van der Waals surface area contributed by atoms with Crippen LogP contribution in [0.15, 0.2) is 40.9 Å². The molecule has 0 heterocycles. The number of nitro benzene ring substituents is 1. The summed E-state index contributed by atoms with van der Waals surface area (Å²) in [6, 6.07) is 11.3. The van der Waals surface area contributed by atoms with Crippen LogP contribution in [0.25, 0.3) is 0 Å². The van der Waals surface area contributed by atoms with Crippen molar-refractivity contribution in [3.05, 3.63) is 67.1 Å². The summed E-state index contributed by atoms with van der Waals surface area (Å²) in [5.74, 6) is 0.368. The van der Waals surface area contributed by atoms with Crippen molar-refractivity contribution >= 4 is 33.2 Å². The number of ether oxygens (including phenoxy) is 1. The number of halogens is 2. The second-order valence-electron chi connectivity index (χ2n) is 4.08. The summed E-state index contributed by atoms with van der Waals surface area (Å²) in [7, 11) is 0. The maximum absolute atomic E-state index is 11.0. The number of benzene rings is 2. The highest BCUT2D eigenvalue weighted by atomic mass is 79.9. The lowest BCUT2D eigenvalue weighted by molar-refractivity contribution is -0.385. The summed E-state index contributed by atoms with van der Waals surface area (Å²) in [4.78, 5) is 10.5. The third-order valence-corrected chi connectivity index (χ3v) is 3.48. The lowest BCUT2D eigenvalue weighted by Crippen LogP contribution is -2.01. The largest absolute Gasteiger partial charge is 0.487 e. The van der Waals surface area contributed by atoms with E-state index in [1.54, 1.807) is 24.3 Å². The van der Waals surface area contributed by atoms with Crippen LogP contribution in [0.1, 0.15) is 11.1 Å². The van der Waals surface area contributed by atoms with Crippen molar-refractivity contribution in [3.8, 4) is 11.8 Å². The molecule has 0 amide bonds. The SMILES string of the molecule is N#Cc1ccc(OCc2ccc(Br)cc2[N+](=O)[O-])c(Cl)c1. The summed E-state index contributed by atoms with van der Waals surface area (Å²) in [6.07, 6.45) is 0. The fraction of sp³-hybridized carbons (Fsp3) is 0.0714. The average Bonchev–Trinajstić information content (AvgIpc) is 2.46. The highest BCUT2D eigenvalue weighted by Gasteiger charge is 2.15. The molecule has 0 spiro atoms. The Bertz CT molecular complexity index is 743. The zero-order valence-corrected chi connectivity index (χ0v) is 12.9. The van der Waals surface area contributed by atoms with Gasteiger partial charge in [-0.1, -0.05) is 27.5 Å². The first-order valence-corrected chi connectivity index (χ1v) is 6.93. The number of nitro groups is 1. The minimum Gasteiger partial charge on any atom is -0.487 e. The molecular weight excluding hydrogens is 360 g/mol. The molecule has 0 atom stereocenters. The summed E-state index contributed by atoms with van der Waals surface area (Å²) in [6.45, 7) is 0.00914. The van der Waals surface area contributed by atoms with Gasteiger partial charge in [-0.25, -0.2) is 0 Å². The van der Waals surface area contributed by atoms with Gasteiger partial charge in [0, 0.05) is 10.5 Å². The van der Waals surface area contributed by atoms with Gasteiger partial charge in [0.05, 0.1) is 27.1 Å². The van der Waals surface area contributed by atoms with Gasteiger partial charge in [-0.05, 0) is 30.3 Å². The molecule has 0 aromatic heterocycles. The normalized spacial score (nSPS) is 9.95. The van der Waals surface area contributed by atoms with Crippen molar-refractivity contribution in [1.29, 1.82) is 5.26 Å². The monoisotopic (exact) mass is 366 g/mol. The lowest BCUT2D eigenvalue weighted by atomic mass is 10.2. The van der Waals surface area contributed by atoms with Crippen molar-refractivity contribution in [1.82, 2.24) is 0 Å².